The molecule has 112 valence electrons. The number of hydrogen-bond acceptors (Lipinski definition) is 3. The van der Waals surface area contributed by atoms with E-state index in [4.69, 9.17) is 4.74 Å². The number of benzene rings is 1. The second-order valence-electron chi connectivity index (χ2n) is 5.68. The molecule has 4 heteroatoms. The summed E-state index contributed by atoms with van der Waals surface area (Å²) in [6.45, 7) is 3.67. The van der Waals surface area contributed by atoms with Gasteiger partial charge >= 0.3 is 0 Å². The highest BCUT2D eigenvalue weighted by molar-refractivity contribution is 5.30. The van der Waals surface area contributed by atoms with Gasteiger partial charge in [-0.15, -0.1) is 0 Å². The van der Waals surface area contributed by atoms with E-state index < -0.39 is 0 Å². The van der Waals surface area contributed by atoms with Gasteiger partial charge in [-0.3, -0.25) is 0 Å². The molecule has 21 heavy (non-hydrogen) atoms. The molecule has 1 saturated carbocycles. The van der Waals surface area contributed by atoms with Gasteiger partial charge < -0.3 is 10.1 Å². The fourth-order valence-corrected chi connectivity index (χ4v) is 2.24. The van der Waals surface area contributed by atoms with Crippen molar-refractivity contribution in [3.8, 4) is 5.69 Å². The summed E-state index contributed by atoms with van der Waals surface area (Å²) in [6.07, 6.45) is 7.79. The van der Waals surface area contributed by atoms with E-state index in [0.717, 1.165) is 44.3 Å². The van der Waals surface area contributed by atoms with Crippen molar-refractivity contribution >= 4 is 0 Å². The summed E-state index contributed by atoms with van der Waals surface area (Å²) in [5.74, 6) is 0.863. The highest BCUT2D eigenvalue weighted by Gasteiger charge is 2.20. The van der Waals surface area contributed by atoms with Crippen LogP contribution in [0.2, 0.25) is 0 Å². The van der Waals surface area contributed by atoms with Gasteiger partial charge in [-0.2, -0.15) is 5.10 Å². The predicted octanol–water partition coefficient (Wildman–Crippen LogP) is 2.78. The van der Waals surface area contributed by atoms with Crippen LogP contribution in [0.5, 0.6) is 0 Å². The van der Waals surface area contributed by atoms with E-state index in [1.165, 1.54) is 18.4 Å². The van der Waals surface area contributed by atoms with Crippen LogP contribution >= 0.6 is 0 Å². The maximum absolute atomic E-state index is 5.62. The van der Waals surface area contributed by atoms with Crippen molar-refractivity contribution in [1.82, 2.24) is 15.1 Å². The zero-order valence-corrected chi connectivity index (χ0v) is 12.4. The summed E-state index contributed by atoms with van der Waals surface area (Å²) in [5, 5.41) is 7.83. The van der Waals surface area contributed by atoms with Crippen molar-refractivity contribution in [2.24, 2.45) is 5.92 Å². The van der Waals surface area contributed by atoms with Crippen LogP contribution in [0.4, 0.5) is 0 Å². The monoisotopic (exact) mass is 285 g/mol. The van der Waals surface area contributed by atoms with Crippen LogP contribution in [0.25, 0.3) is 5.69 Å². The molecule has 0 unspecified atom stereocenters. The molecule has 1 aliphatic carbocycles. The van der Waals surface area contributed by atoms with Gasteiger partial charge in [0.1, 0.15) is 0 Å². The second kappa shape index (κ2) is 7.38. The Bertz CT molecular complexity index is 534. The molecular weight excluding hydrogens is 262 g/mol. The first-order valence-electron chi connectivity index (χ1n) is 7.79. The summed E-state index contributed by atoms with van der Waals surface area (Å²) in [6, 6.07) is 10.2. The largest absolute Gasteiger partial charge is 0.381 e. The molecule has 2 aromatic rings. The first-order valence-corrected chi connectivity index (χ1v) is 7.79. The zero-order chi connectivity index (χ0) is 14.3. The quantitative estimate of drug-likeness (QED) is 0.720. The van der Waals surface area contributed by atoms with Crippen molar-refractivity contribution in [3.63, 3.8) is 0 Å². The normalized spacial score (nSPS) is 14.5. The number of hydrogen-bond donors (Lipinski definition) is 1. The summed E-state index contributed by atoms with van der Waals surface area (Å²) in [5.41, 5.74) is 2.30. The molecule has 3 rings (SSSR count). The molecule has 0 saturated heterocycles. The molecule has 0 aliphatic heterocycles. The van der Waals surface area contributed by atoms with Crippen LogP contribution < -0.4 is 5.32 Å². The maximum Gasteiger partial charge on any atom is 0.0645 e. The minimum absolute atomic E-state index is 0.857. The lowest BCUT2D eigenvalue weighted by Crippen LogP contribution is -2.16. The predicted molar refractivity (Wildman–Crippen MR) is 83.4 cm³/mol. The molecule has 4 nitrogen and oxygen atoms in total. The van der Waals surface area contributed by atoms with Gasteiger partial charge in [0.25, 0.3) is 0 Å². The molecular formula is C17H23N3O. The van der Waals surface area contributed by atoms with Crippen molar-refractivity contribution < 1.29 is 4.74 Å². The van der Waals surface area contributed by atoms with Gasteiger partial charge in [-0.05, 0) is 43.9 Å². The number of para-hydroxylation sites is 1. The molecule has 0 spiro atoms. The molecule has 0 atom stereocenters. The van der Waals surface area contributed by atoms with Crippen molar-refractivity contribution in [2.45, 2.75) is 25.8 Å². The Balaban J connectivity index is 1.33. The summed E-state index contributed by atoms with van der Waals surface area (Å²) < 4.78 is 7.53. The van der Waals surface area contributed by atoms with Crippen molar-refractivity contribution in [1.29, 1.82) is 0 Å². The summed E-state index contributed by atoms with van der Waals surface area (Å²) in [7, 11) is 0. The van der Waals surface area contributed by atoms with Gasteiger partial charge in [0.15, 0.2) is 0 Å². The molecule has 0 radical (unpaired) electrons. The number of nitrogens with one attached hydrogen (secondary N) is 1. The van der Waals surface area contributed by atoms with Gasteiger partial charge in [0, 0.05) is 31.5 Å². The standard InChI is InChI=1S/C17H23N3O/c1-2-5-17(6-3-1)20-13-16(12-19-20)11-18-9-4-10-21-14-15-7-8-15/h1-3,5-6,12-13,15,18H,4,7-11,14H2. The summed E-state index contributed by atoms with van der Waals surface area (Å²) in [4.78, 5) is 0. The Morgan fingerprint density at radius 3 is 2.90 bits per heavy atom. The Hall–Kier alpha value is -1.65. The Morgan fingerprint density at radius 1 is 1.24 bits per heavy atom. The van der Waals surface area contributed by atoms with E-state index >= 15 is 0 Å². The second-order valence-corrected chi connectivity index (χ2v) is 5.68. The molecule has 0 amide bonds. The minimum Gasteiger partial charge on any atom is -0.381 e. The van der Waals surface area contributed by atoms with Crippen molar-refractivity contribution in [2.75, 3.05) is 19.8 Å². The van der Waals surface area contributed by atoms with Gasteiger partial charge in [-0.25, -0.2) is 4.68 Å². The number of nitrogens with zero attached hydrogens (tertiary/aromatic N) is 2. The topological polar surface area (TPSA) is 39.1 Å². The first kappa shape index (κ1) is 14.3. The fourth-order valence-electron chi connectivity index (χ4n) is 2.24. The van der Waals surface area contributed by atoms with Crippen LogP contribution in [0.1, 0.15) is 24.8 Å². The fraction of sp³-hybridized carbons (Fsp3) is 0.471. The van der Waals surface area contributed by atoms with E-state index in [9.17, 15) is 0 Å². The summed E-state index contributed by atoms with van der Waals surface area (Å²) >= 11 is 0. The lowest BCUT2D eigenvalue weighted by molar-refractivity contribution is 0.122. The molecule has 1 aliphatic rings. The zero-order valence-electron chi connectivity index (χ0n) is 12.4. The Kier molecular flexibility index (Phi) is 5.03. The van der Waals surface area contributed by atoms with Crippen LogP contribution in [0.15, 0.2) is 42.7 Å². The van der Waals surface area contributed by atoms with Crippen LogP contribution in [-0.4, -0.2) is 29.5 Å². The Labute approximate surface area is 126 Å². The minimum atomic E-state index is 0.857. The highest BCUT2D eigenvalue weighted by atomic mass is 16.5. The Morgan fingerprint density at radius 2 is 2.10 bits per heavy atom. The van der Waals surface area contributed by atoms with Crippen LogP contribution in [0, 0.1) is 5.92 Å². The average molecular weight is 285 g/mol. The van der Waals surface area contributed by atoms with E-state index in [1.807, 2.05) is 29.1 Å². The van der Waals surface area contributed by atoms with E-state index in [-0.39, 0.29) is 0 Å². The third-order valence-corrected chi connectivity index (χ3v) is 3.68. The van der Waals surface area contributed by atoms with Crippen LogP contribution in [-0.2, 0) is 11.3 Å². The highest BCUT2D eigenvalue weighted by Crippen LogP contribution is 2.28. The number of aromatic nitrogens is 2. The SMILES string of the molecule is c1ccc(-n2cc(CNCCCOCC3CC3)cn2)cc1. The number of ether oxygens (including phenoxy) is 1. The maximum atomic E-state index is 5.62. The molecule has 0 bridgehead atoms. The van der Waals surface area contributed by atoms with Crippen molar-refractivity contribution in [3.05, 3.63) is 48.3 Å². The third kappa shape index (κ3) is 4.69. The average Bonchev–Trinajstić information content (AvgIpc) is 3.23. The number of rotatable bonds is 9. The van der Waals surface area contributed by atoms with E-state index in [2.05, 4.69) is 28.7 Å². The molecule has 1 aromatic carbocycles. The smallest absolute Gasteiger partial charge is 0.0645 e. The van der Waals surface area contributed by atoms with Crippen LogP contribution in [0.3, 0.4) is 0 Å². The van der Waals surface area contributed by atoms with Gasteiger partial charge in [0.2, 0.25) is 0 Å². The van der Waals surface area contributed by atoms with Gasteiger partial charge in [-0.1, -0.05) is 18.2 Å². The molecule has 1 heterocycles. The van der Waals surface area contributed by atoms with E-state index in [0.29, 0.717) is 0 Å². The molecule has 1 fully saturated rings. The lowest BCUT2D eigenvalue weighted by atomic mass is 10.3. The van der Waals surface area contributed by atoms with E-state index in [1.54, 1.807) is 0 Å². The lowest BCUT2D eigenvalue weighted by Gasteiger charge is -2.04. The third-order valence-electron chi connectivity index (χ3n) is 3.68. The molecule has 1 aromatic heterocycles. The first-order chi connectivity index (χ1) is 10.4. The molecule has 1 N–H and O–H groups in total. The van der Waals surface area contributed by atoms with Gasteiger partial charge in [0.05, 0.1) is 11.9 Å².